The summed E-state index contributed by atoms with van der Waals surface area (Å²) in [6.45, 7) is 4.99. The molecule has 0 aliphatic carbocycles. The molecule has 1 aromatic rings. The predicted molar refractivity (Wildman–Crippen MR) is 78.9 cm³/mol. The van der Waals surface area contributed by atoms with Crippen LogP contribution in [0.5, 0.6) is 0 Å². The molecule has 106 valence electrons. The molecule has 2 atom stereocenters. The van der Waals surface area contributed by atoms with Crippen LogP contribution in [0.3, 0.4) is 0 Å². The molecule has 1 aliphatic rings. The van der Waals surface area contributed by atoms with Gasteiger partial charge in [0.1, 0.15) is 0 Å². The SMILES string of the molecule is COCc1cccc(CN2CCCCC2C(C)N)c1. The van der Waals surface area contributed by atoms with Gasteiger partial charge >= 0.3 is 0 Å². The van der Waals surface area contributed by atoms with Crippen molar-refractivity contribution < 1.29 is 4.74 Å². The van der Waals surface area contributed by atoms with Crippen LogP contribution in [0.1, 0.15) is 37.3 Å². The first kappa shape index (κ1) is 14.5. The summed E-state index contributed by atoms with van der Waals surface area (Å²) in [7, 11) is 1.74. The van der Waals surface area contributed by atoms with Crippen molar-refractivity contribution >= 4 is 0 Å². The minimum Gasteiger partial charge on any atom is -0.380 e. The van der Waals surface area contributed by atoms with Gasteiger partial charge in [-0.25, -0.2) is 0 Å². The molecule has 0 bridgehead atoms. The predicted octanol–water partition coefficient (Wildman–Crippen LogP) is 2.53. The number of hydrogen-bond donors (Lipinski definition) is 1. The van der Waals surface area contributed by atoms with Crippen LogP contribution in [0.2, 0.25) is 0 Å². The number of ether oxygens (including phenoxy) is 1. The van der Waals surface area contributed by atoms with Crippen molar-refractivity contribution in [2.24, 2.45) is 5.73 Å². The summed E-state index contributed by atoms with van der Waals surface area (Å²) in [6, 6.07) is 9.46. The van der Waals surface area contributed by atoms with Gasteiger partial charge in [0.2, 0.25) is 0 Å². The van der Waals surface area contributed by atoms with Crippen LogP contribution < -0.4 is 5.73 Å². The summed E-state index contributed by atoms with van der Waals surface area (Å²) in [5.74, 6) is 0. The molecule has 0 radical (unpaired) electrons. The topological polar surface area (TPSA) is 38.5 Å². The van der Waals surface area contributed by atoms with Gasteiger partial charge in [0, 0.05) is 25.7 Å². The zero-order valence-electron chi connectivity index (χ0n) is 12.1. The number of rotatable bonds is 5. The fraction of sp³-hybridized carbons (Fsp3) is 0.625. The summed E-state index contributed by atoms with van der Waals surface area (Å²) in [6.07, 6.45) is 3.84. The monoisotopic (exact) mass is 262 g/mol. The molecule has 0 amide bonds. The number of methoxy groups -OCH3 is 1. The maximum absolute atomic E-state index is 6.13. The molecular weight excluding hydrogens is 236 g/mol. The Balaban J connectivity index is 2.04. The van der Waals surface area contributed by atoms with E-state index in [1.54, 1.807) is 7.11 Å². The van der Waals surface area contributed by atoms with Crippen LogP contribution in [-0.4, -0.2) is 30.6 Å². The molecule has 1 fully saturated rings. The molecule has 1 aromatic carbocycles. The summed E-state index contributed by atoms with van der Waals surface area (Å²) in [5, 5.41) is 0. The second kappa shape index (κ2) is 7.04. The standard InChI is InChI=1S/C16H26N2O/c1-13(17)16-8-3-4-9-18(16)11-14-6-5-7-15(10-14)12-19-2/h5-7,10,13,16H,3-4,8-9,11-12,17H2,1-2H3. The Morgan fingerprint density at radius 3 is 2.89 bits per heavy atom. The van der Waals surface area contributed by atoms with Gasteiger partial charge in [0.25, 0.3) is 0 Å². The normalized spacial score (nSPS) is 22.4. The smallest absolute Gasteiger partial charge is 0.0713 e. The molecule has 2 N–H and O–H groups in total. The number of piperidine rings is 1. The molecular formula is C16H26N2O. The van der Waals surface area contributed by atoms with E-state index in [2.05, 4.69) is 36.1 Å². The highest BCUT2D eigenvalue weighted by molar-refractivity contribution is 5.23. The zero-order valence-corrected chi connectivity index (χ0v) is 12.1. The minimum atomic E-state index is 0.252. The van der Waals surface area contributed by atoms with Crippen molar-refractivity contribution in [3.63, 3.8) is 0 Å². The number of hydrogen-bond acceptors (Lipinski definition) is 3. The highest BCUT2D eigenvalue weighted by atomic mass is 16.5. The van der Waals surface area contributed by atoms with Gasteiger partial charge in [0.05, 0.1) is 6.61 Å². The number of likely N-dealkylation sites (tertiary alicyclic amines) is 1. The first-order valence-electron chi connectivity index (χ1n) is 7.27. The average Bonchev–Trinajstić information content (AvgIpc) is 2.40. The Morgan fingerprint density at radius 1 is 1.37 bits per heavy atom. The maximum Gasteiger partial charge on any atom is 0.0713 e. The van der Waals surface area contributed by atoms with E-state index in [1.807, 2.05) is 0 Å². The van der Waals surface area contributed by atoms with Crippen LogP contribution in [0, 0.1) is 0 Å². The fourth-order valence-corrected chi connectivity index (χ4v) is 3.03. The van der Waals surface area contributed by atoms with Crippen molar-refractivity contribution in [3.05, 3.63) is 35.4 Å². The highest BCUT2D eigenvalue weighted by Gasteiger charge is 2.25. The molecule has 2 rings (SSSR count). The zero-order chi connectivity index (χ0) is 13.7. The molecule has 3 nitrogen and oxygen atoms in total. The molecule has 1 heterocycles. The molecule has 0 aromatic heterocycles. The third kappa shape index (κ3) is 4.03. The third-order valence-electron chi connectivity index (χ3n) is 3.96. The van der Waals surface area contributed by atoms with E-state index in [0.29, 0.717) is 12.6 Å². The van der Waals surface area contributed by atoms with E-state index >= 15 is 0 Å². The Bertz CT molecular complexity index is 392. The van der Waals surface area contributed by atoms with Crippen molar-refractivity contribution in [1.29, 1.82) is 0 Å². The van der Waals surface area contributed by atoms with Gasteiger partial charge in [-0.05, 0) is 37.4 Å². The first-order chi connectivity index (χ1) is 9.20. The van der Waals surface area contributed by atoms with Crippen molar-refractivity contribution in [3.8, 4) is 0 Å². The average molecular weight is 262 g/mol. The van der Waals surface area contributed by atoms with Gasteiger partial charge in [-0.3, -0.25) is 4.90 Å². The Kier molecular flexibility index (Phi) is 5.37. The third-order valence-corrected chi connectivity index (χ3v) is 3.96. The van der Waals surface area contributed by atoms with Crippen LogP contribution >= 0.6 is 0 Å². The Hall–Kier alpha value is -0.900. The highest BCUT2D eigenvalue weighted by Crippen LogP contribution is 2.21. The van der Waals surface area contributed by atoms with Gasteiger partial charge in [0.15, 0.2) is 0 Å². The van der Waals surface area contributed by atoms with Gasteiger partial charge < -0.3 is 10.5 Å². The van der Waals surface area contributed by atoms with Gasteiger partial charge in [-0.2, -0.15) is 0 Å². The molecule has 19 heavy (non-hydrogen) atoms. The van der Waals surface area contributed by atoms with E-state index < -0.39 is 0 Å². The maximum atomic E-state index is 6.13. The lowest BCUT2D eigenvalue weighted by atomic mass is 9.96. The molecule has 2 unspecified atom stereocenters. The van der Waals surface area contributed by atoms with Crippen LogP contribution in [0.15, 0.2) is 24.3 Å². The molecule has 3 heteroatoms. The lowest BCUT2D eigenvalue weighted by molar-refractivity contribution is 0.123. The van der Waals surface area contributed by atoms with Gasteiger partial charge in [-0.1, -0.05) is 30.7 Å². The van der Waals surface area contributed by atoms with Crippen LogP contribution in [0.4, 0.5) is 0 Å². The summed E-state index contributed by atoms with van der Waals surface area (Å²) in [4.78, 5) is 2.54. The second-order valence-corrected chi connectivity index (χ2v) is 5.65. The first-order valence-corrected chi connectivity index (χ1v) is 7.27. The van der Waals surface area contributed by atoms with Gasteiger partial charge in [-0.15, -0.1) is 0 Å². The van der Waals surface area contributed by atoms with Crippen molar-refractivity contribution in [1.82, 2.24) is 4.90 Å². The molecule has 0 saturated carbocycles. The molecule has 1 aliphatic heterocycles. The molecule has 1 saturated heterocycles. The van der Waals surface area contributed by atoms with Crippen molar-refractivity contribution in [2.45, 2.75) is 51.4 Å². The van der Waals surface area contributed by atoms with E-state index in [-0.39, 0.29) is 6.04 Å². The lowest BCUT2D eigenvalue weighted by Crippen LogP contribution is -2.48. The Labute approximate surface area is 116 Å². The quantitative estimate of drug-likeness (QED) is 0.886. The summed E-state index contributed by atoms with van der Waals surface area (Å²) in [5.41, 5.74) is 8.73. The van der Waals surface area contributed by atoms with Crippen LogP contribution in [-0.2, 0) is 17.9 Å². The lowest BCUT2D eigenvalue weighted by Gasteiger charge is -2.38. The van der Waals surface area contributed by atoms with E-state index in [4.69, 9.17) is 10.5 Å². The second-order valence-electron chi connectivity index (χ2n) is 5.65. The van der Waals surface area contributed by atoms with E-state index in [0.717, 1.165) is 6.54 Å². The molecule has 0 spiro atoms. The number of nitrogens with zero attached hydrogens (tertiary/aromatic N) is 1. The summed E-state index contributed by atoms with van der Waals surface area (Å²) < 4.78 is 5.20. The fourth-order valence-electron chi connectivity index (χ4n) is 3.03. The Morgan fingerprint density at radius 2 is 2.16 bits per heavy atom. The largest absolute Gasteiger partial charge is 0.380 e. The summed E-state index contributed by atoms with van der Waals surface area (Å²) >= 11 is 0. The number of benzene rings is 1. The van der Waals surface area contributed by atoms with E-state index in [9.17, 15) is 0 Å². The van der Waals surface area contributed by atoms with E-state index in [1.165, 1.54) is 36.9 Å². The minimum absolute atomic E-state index is 0.252. The van der Waals surface area contributed by atoms with Crippen LogP contribution in [0.25, 0.3) is 0 Å². The number of nitrogens with two attached hydrogens (primary N) is 1. The van der Waals surface area contributed by atoms with Crippen molar-refractivity contribution in [2.75, 3.05) is 13.7 Å².